The maximum atomic E-state index is 13.1. The summed E-state index contributed by atoms with van der Waals surface area (Å²) in [6.07, 6.45) is 2.32. The standard InChI is InChI=1S/C20H20ClFN4O4S/c21-16-11-15(22)2-1-14(16)12-23-20(27)13-6-9-26(10-7-13)31(28,29)19-4-3-18(30-19)17-5-8-24-25-17/h1-5,8,11,13H,6-7,9-10,12H2,(H,23,27)(H,24,25). The van der Waals surface area contributed by atoms with Crippen molar-refractivity contribution < 1.29 is 22.0 Å². The van der Waals surface area contributed by atoms with Crippen molar-refractivity contribution in [2.24, 2.45) is 5.92 Å². The summed E-state index contributed by atoms with van der Waals surface area (Å²) >= 11 is 5.98. The lowest BCUT2D eigenvalue weighted by atomic mass is 9.97. The quantitative estimate of drug-likeness (QED) is 0.580. The molecule has 11 heteroatoms. The van der Waals surface area contributed by atoms with E-state index < -0.39 is 15.8 Å². The van der Waals surface area contributed by atoms with E-state index in [4.69, 9.17) is 16.0 Å². The highest BCUT2D eigenvalue weighted by Crippen LogP contribution is 2.28. The SMILES string of the molecule is O=C(NCc1ccc(F)cc1Cl)C1CCN(S(=O)(=O)c2ccc(-c3ccn[nH]3)o2)CC1. The summed E-state index contributed by atoms with van der Waals surface area (Å²) in [6.45, 7) is 0.592. The molecule has 0 aliphatic carbocycles. The van der Waals surface area contributed by atoms with Crippen molar-refractivity contribution >= 4 is 27.5 Å². The van der Waals surface area contributed by atoms with Crippen molar-refractivity contribution in [3.05, 3.63) is 59.0 Å². The molecule has 4 rings (SSSR count). The van der Waals surface area contributed by atoms with E-state index in [1.807, 2.05) is 0 Å². The fourth-order valence-electron chi connectivity index (χ4n) is 3.47. The molecule has 2 N–H and O–H groups in total. The van der Waals surface area contributed by atoms with Crippen LogP contribution in [0, 0.1) is 11.7 Å². The number of piperidine rings is 1. The monoisotopic (exact) mass is 466 g/mol. The summed E-state index contributed by atoms with van der Waals surface area (Å²) in [5, 5.41) is 9.43. The van der Waals surface area contributed by atoms with Gasteiger partial charge >= 0.3 is 0 Å². The summed E-state index contributed by atoms with van der Waals surface area (Å²) in [4.78, 5) is 12.5. The molecular weight excluding hydrogens is 447 g/mol. The first-order valence-corrected chi connectivity index (χ1v) is 11.5. The van der Waals surface area contributed by atoms with E-state index in [0.29, 0.717) is 29.9 Å². The lowest BCUT2D eigenvalue weighted by Gasteiger charge is -2.29. The van der Waals surface area contributed by atoms with Crippen LogP contribution in [0.15, 0.2) is 52.1 Å². The highest BCUT2D eigenvalue weighted by molar-refractivity contribution is 7.89. The first kappa shape index (κ1) is 21.5. The smallest absolute Gasteiger partial charge is 0.276 e. The third kappa shape index (κ3) is 4.65. The average molecular weight is 467 g/mol. The van der Waals surface area contributed by atoms with Crippen LogP contribution in [0.2, 0.25) is 5.02 Å². The number of hydrogen-bond donors (Lipinski definition) is 2. The molecular formula is C20H20ClFN4O4S. The van der Waals surface area contributed by atoms with E-state index in [0.717, 1.165) is 0 Å². The Kier molecular flexibility index (Phi) is 6.12. The van der Waals surface area contributed by atoms with Crippen LogP contribution in [0.3, 0.4) is 0 Å². The van der Waals surface area contributed by atoms with Crippen LogP contribution in [0.5, 0.6) is 0 Å². The maximum Gasteiger partial charge on any atom is 0.276 e. The first-order chi connectivity index (χ1) is 14.8. The van der Waals surface area contributed by atoms with Crippen LogP contribution in [0.1, 0.15) is 18.4 Å². The first-order valence-electron chi connectivity index (χ1n) is 9.66. The van der Waals surface area contributed by atoms with Gasteiger partial charge in [0.1, 0.15) is 11.5 Å². The van der Waals surface area contributed by atoms with Gasteiger partial charge in [-0.1, -0.05) is 17.7 Å². The maximum absolute atomic E-state index is 13.1. The third-order valence-electron chi connectivity index (χ3n) is 5.23. The summed E-state index contributed by atoms with van der Waals surface area (Å²) in [5.74, 6) is -0.563. The van der Waals surface area contributed by atoms with E-state index in [2.05, 4.69) is 15.5 Å². The zero-order valence-corrected chi connectivity index (χ0v) is 17.9. The molecule has 1 aliphatic heterocycles. The molecule has 3 aromatic rings. The number of benzene rings is 1. The van der Waals surface area contributed by atoms with Gasteiger partial charge in [-0.05, 0) is 48.7 Å². The predicted octanol–water partition coefficient (Wildman–Crippen LogP) is 3.18. The fraction of sp³-hybridized carbons (Fsp3) is 0.300. The fourth-order valence-corrected chi connectivity index (χ4v) is 5.09. The van der Waals surface area contributed by atoms with Crippen molar-refractivity contribution in [2.75, 3.05) is 13.1 Å². The summed E-state index contributed by atoms with van der Waals surface area (Å²) < 4.78 is 45.7. The van der Waals surface area contributed by atoms with Crippen LogP contribution >= 0.6 is 11.6 Å². The molecule has 1 saturated heterocycles. The molecule has 31 heavy (non-hydrogen) atoms. The van der Waals surface area contributed by atoms with Gasteiger partial charge in [0.2, 0.25) is 11.0 Å². The summed E-state index contributed by atoms with van der Waals surface area (Å²) in [5.41, 5.74) is 1.19. The molecule has 3 heterocycles. The van der Waals surface area contributed by atoms with Gasteiger partial charge in [-0.2, -0.15) is 9.40 Å². The summed E-state index contributed by atoms with van der Waals surface area (Å²) in [7, 11) is -3.80. The lowest BCUT2D eigenvalue weighted by molar-refractivity contribution is -0.126. The number of carbonyl (C=O) groups excluding carboxylic acids is 1. The molecule has 1 amide bonds. The van der Waals surface area contributed by atoms with Gasteiger partial charge < -0.3 is 9.73 Å². The number of nitrogens with one attached hydrogen (secondary N) is 2. The number of hydrogen-bond acceptors (Lipinski definition) is 5. The average Bonchev–Trinajstić information content (AvgIpc) is 3.45. The molecule has 0 saturated carbocycles. The second kappa shape index (κ2) is 8.81. The van der Waals surface area contributed by atoms with Crippen molar-refractivity contribution in [3.8, 4) is 11.5 Å². The van der Waals surface area contributed by atoms with E-state index >= 15 is 0 Å². The highest BCUT2D eigenvalue weighted by atomic mass is 35.5. The second-order valence-electron chi connectivity index (χ2n) is 7.22. The Morgan fingerprint density at radius 3 is 2.71 bits per heavy atom. The number of rotatable bonds is 6. The zero-order chi connectivity index (χ0) is 22.0. The number of carbonyl (C=O) groups is 1. The van der Waals surface area contributed by atoms with Crippen LogP contribution in [-0.2, 0) is 21.4 Å². The highest BCUT2D eigenvalue weighted by Gasteiger charge is 2.34. The van der Waals surface area contributed by atoms with Gasteiger partial charge in [0.25, 0.3) is 10.0 Å². The topological polar surface area (TPSA) is 108 Å². The largest absolute Gasteiger partial charge is 0.442 e. The van der Waals surface area contributed by atoms with Gasteiger partial charge in [0.05, 0.1) is 0 Å². The Balaban J connectivity index is 1.34. The normalized spacial score (nSPS) is 15.8. The molecule has 2 aromatic heterocycles. The number of aromatic nitrogens is 2. The van der Waals surface area contributed by atoms with Gasteiger partial charge in [0.15, 0.2) is 5.76 Å². The molecule has 1 fully saturated rings. The number of nitrogens with zero attached hydrogens (tertiary/aromatic N) is 2. The lowest BCUT2D eigenvalue weighted by Crippen LogP contribution is -2.42. The van der Waals surface area contributed by atoms with Crippen molar-refractivity contribution in [1.82, 2.24) is 19.8 Å². The van der Waals surface area contributed by atoms with Gasteiger partial charge in [-0.15, -0.1) is 0 Å². The Hall–Kier alpha value is -2.69. The van der Waals surface area contributed by atoms with Crippen molar-refractivity contribution in [2.45, 2.75) is 24.5 Å². The number of sulfonamides is 1. The van der Waals surface area contributed by atoms with E-state index in [9.17, 15) is 17.6 Å². The molecule has 0 radical (unpaired) electrons. The second-order valence-corrected chi connectivity index (χ2v) is 9.50. The number of H-pyrrole nitrogens is 1. The van der Waals surface area contributed by atoms with Gasteiger partial charge in [-0.25, -0.2) is 12.8 Å². The van der Waals surface area contributed by atoms with Gasteiger partial charge in [-0.3, -0.25) is 9.89 Å². The van der Waals surface area contributed by atoms with Crippen LogP contribution in [-0.4, -0.2) is 41.9 Å². The minimum Gasteiger partial charge on any atom is -0.442 e. The summed E-state index contributed by atoms with van der Waals surface area (Å²) in [6, 6.07) is 8.66. The number of amides is 1. The molecule has 164 valence electrons. The minimum atomic E-state index is -3.80. The molecule has 0 bridgehead atoms. The predicted molar refractivity (Wildman–Crippen MR) is 111 cm³/mol. The van der Waals surface area contributed by atoms with E-state index in [1.165, 1.54) is 28.6 Å². The Bertz CT molecular complexity index is 1170. The van der Waals surface area contributed by atoms with Crippen LogP contribution in [0.4, 0.5) is 4.39 Å². The van der Waals surface area contributed by atoms with E-state index in [-0.39, 0.29) is 41.6 Å². The molecule has 1 aromatic carbocycles. The number of furan rings is 1. The Labute approximate surface area is 183 Å². The molecule has 0 atom stereocenters. The van der Waals surface area contributed by atoms with Crippen molar-refractivity contribution in [1.29, 1.82) is 0 Å². The van der Waals surface area contributed by atoms with Crippen LogP contribution < -0.4 is 5.32 Å². The molecule has 0 unspecified atom stereocenters. The van der Waals surface area contributed by atoms with Gasteiger partial charge in [0, 0.05) is 36.8 Å². The molecule has 8 nitrogen and oxygen atoms in total. The third-order valence-corrected chi connectivity index (χ3v) is 7.36. The number of aromatic amines is 1. The Morgan fingerprint density at radius 2 is 2.03 bits per heavy atom. The Morgan fingerprint density at radius 1 is 1.26 bits per heavy atom. The molecule has 1 aliphatic rings. The van der Waals surface area contributed by atoms with E-state index in [1.54, 1.807) is 18.3 Å². The number of halogens is 2. The molecule has 0 spiro atoms. The zero-order valence-electron chi connectivity index (χ0n) is 16.3. The van der Waals surface area contributed by atoms with Crippen LogP contribution in [0.25, 0.3) is 11.5 Å². The minimum absolute atomic E-state index is 0.147. The van der Waals surface area contributed by atoms with Crippen molar-refractivity contribution in [3.63, 3.8) is 0 Å².